The van der Waals surface area contributed by atoms with Crippen LogP contribution in [0.2, 0.25) is 0 Å². The van der Waals surface area contributed by atoms with Gasteiger partial charge in [0.15, 0.2) is 0 Å². The monoisotopic (exact) mass is 371 g/mol. The van der Waals surface area contributed by atoms with Crippen LogP contribution in [0.15, 0.2) is 17.0 Å². The van der Waals surface area contributed by atoms with Gasteiger partial charge in [-0.25, -0.2) is 9.97 Å². The SMILES string of the molecule is Cc1noc(C)c1-c1nc2c(s1)CCC(C(=O)NCCc1cnc[nH]1)C2. The van der Waals surface area contributed by atoms with Crippen LogP contribution in [0.25, 0.3) is 10.6 Å². The second-order valence-electron chi connectivity index (χ2n) is 6.65. The Hall–Kier alpha value is -2.48. The number of carbonyl (C=O) groups is 1. The zero-order chi connectivity index (χ0) is 18.1. The normalized spacial score (nSPS) is 16.5. The van der Waals surface area contributed by atoms with Crippen molar-refractivity contribution in [3.63, 3.8) is 0 Å². The number of imidazole rings is 1. The van der Waals surface area contributed by atoms with E-state index in [1.807, 2.05) is 13.8 Å². The molecule has 0 radical (unpaired) electrons. The number of carbonyl (C=O) groups excluding carboxylic acids is 1. The Labute approximate surface area is 155 Å². The van der Waals surface area contributed by atoms with E-state index in [4.69, 9.17) is 9.51 Å². The first kappa shape index (κ1) is 17.0. The van der Waals surface area contributed by atoms with Gasteiger partial charge in [0.25, 0.3) is 0 Å². The molecule has 1 aliphatic rings. The molecular weight excluding hydrogens is 350 g/mol. The minimum absolute atomic E-state index is 0.0103. The highest BCUT2D eigenvalue weighted by atomic mass is 32.1. The van der Waals surface area contributed by atoms with Gasteiger partial charge in [0.1, 0.15) is 10.8 Å². The molecule has 7 nitrogen and oxygen atoms in total. The third-order valence-corrected chi connectivity index (χ3v) is 5.98. The van der Waals surface area contributed by atoms with Crippen LogP contribution in [0.1, 0.15) is 34.1 Å². The molecule has 4 rings (SSSR count). The van der Waals surface area contributed by atoms with E-state index in [-0.39, 0.29) is 11.8 Å². The maximum absolute atomic E-state index is 12.5. The molecule has 0 spiro atoms. The average Bonchev–Trinajstić information content (AvgIpc) is 3.34. The second kappa shape index (κ2) is 7.03. The fourth-order valence-electron chi connectivity index (χ4n) is 3.38. The summed E-state index contributed by atoms with van der Waals surface area (Å²) in [5.41, 5.74) is 3.93. The Kier molecular flexibility index (Phi) is 4.58. The van der Waals surface area contributed by atoms with Crippen molar-refractivity contribution in [3.8, 4) is 10.6 Å². The van der Waals surface area contributed by atoms with Crippen molar-refractivity contribution < 1.29 is 9.32 Å². The Bertz CT molecular complexity index is 893. The summed E-state index contributed by atoms with van der Waals surface area (Å²) in [6, 6.07) is 0. The highest BCUT2D eigenvalue weighted by Gasteiger charge is 2.28. The lowest BCUT2D eigenvalue weighted by atomic mass is 9.90. The largest absolute Gasteiger partial charge is 0.361 e. The first-order valence-corrected chi connectivity index (χ1v) is 9.60. The summed E-state index contributed by atoms with van der Waals surface area (Å²) in [5, 5.41) is 8.01. The molecular formula is C18H21N5O2S. The number of aryl methyl sites for hydroxylation is 3. The predicted octanol–water partition coefficient (Wildman–Crippen LogP) is 2.60. The van der Waals surface area contributed by atoms with E-state index in [1.54, 1.807) is 23.9 Å². The molecule has 3 heterocycles. The summed E-state index contributed by atoms with van der Waals surface area (Å²) in [6.07, 6.45) is 6.66. The van der Waals surface area contributed by atoms with E-state index in [0.717, 1.165) is 52.7 Å². The third kappa shape index (κ3) is 3.29. The van der Waals surface area contributed by atoms with Gasteiger partial charge in [0.2, 0.25) is 5.91 Å². The van der Waals surface area contributed by atoms with Crippen molar-refractivity contribution in [1.29, 1.82) is 0 Å². The Morgan fingerprint density at radius 3 is 3.08 bits per heavy atom. The van der Waals surface area contributed by atoms with E-state index in [9.17, 15) is 4.79 Å². The number of rotatable bonds is 5. The fourth-order valence-corrected chi connectivity index (χ4v) is 4.63. The first-order chi connectivity index (χ1) is 12.6. The number of hydrogen-bond donors (Lipinski definition) is 2. The van der Waals surface area contributed by atoms with Crippen molar-refractivity contribution in [1.82, 2.24) is 25.4 Å². The number of nitrogens with one attached hydrogen (secondary N) is 2. The van der Waals surface area contributed by atoms with E-state index in [1.165, 1.54) is 4.88 Å². The minimum Gasteiger partial charge on any atom is -0.361 e. The number of H-pyrrole nitrogens is 1. The number of hydrogen-bond acceptors (Lipinski definition) is 6. The lowest BCUT2D eigenvalue weighted by Crippen LogP contribution is -2.35. The molecule has 1 atom stereocenters. The van der Waals surface area contributed by atoms with Crippen LogP contribution in [-0.2, 0) is 24.1 Å². The van der Waals surface area contributed by atoms with Crippen LogP contribution in [0, 0.1) is 19.8 Å². The van der Waals surface area contributed by atoms with Gasteiger partial charge in [0.05, 0.1) is 23.3 Å². The number of aromatic amines is 1. The molecule has 0 fully saturated rings. The number of nitrogens with zero attached hydrogens (tertiary/aromatic N) is 3. The number of thiazole rings is 1. The van der Waals surface area contributed by atoms with Crippen LogP contribution in [-0.4, -0.2) is 32.6 Å². The summed E-state index contributed by atoms with van der Waals surface area (Å²) in [6.45, 7) is 4.46. The van der Waals surface area contributed by atoms with Crippen molar-refractivity contribution in [2.45, 2.75) is 39.5 Å². The average molecular weight is 371 g/mol. The summed E-state index contributed by atoms with van der Waals surface area (Å²) in [7, 11) is 0. The second-order valence-corrected chi connectivity index (χ2v) is 7.73. The van der Waals surface area contributed by atoms with Gasteiger partial charge in [-0.15, -0.1) is 11.3 Å². The van der Waals surface area contributed by atoms with Crippen LogP contribution < -0.4 is 5.32 Å². The molecule has 8 heteroatoms. The first-order valence-electron chi connectivity index (χ1n) is 8.78. The molecule has 0 saturated carbocycles. The van der Waals surface area contributed by atoms with Crippen LogP contribution >= 0.6 is 11.3 Å². The lowest BCUT2D eigenvalue weighted by molar-refractivity contribution is -0.125. The van der Waals surface area contributed by atoms with Gasteiger partial charge < -0.3 is 14.8 Å². The highest BCUT2D eigenvalue weighted by molar-refractivity contribution is 7.15. The Morgan fingerprint density at radius 2 is 2.35 bits per heavy atom. The quantitative estimate of drug-likeness (QED) is 0.718. The van der Waals surface area contributed by atoms with Gasteiger partial charge in [0, 0.05) is 42.1 Å². The van der Waals surface area contributed by atoms with Crippen molar-refractivity contribution in [3.05, 3.63) is 40.2 Å². The number of aromatic nitrogens is 4. The van der Waals surface area contributed by atoms with Gasteiger partial charge in [-0.3, -0.25) is 4.79 Å². The highest BCUT2D eigenvalue weighted by Crippen LogP contribution is 2.36. The van der Waals surface area contributed by atoms with E-state index >= 15 is 0 Å². The van der Waals surface area contributed by atoms with Crippen molar-refractivity contribution in [2.24, 2.45) is 5.92 Å². The number of amides is 1. The van der Waals surface area contributed by atoms with E-state index in [0.29, 0.717) is 13.0 Å². The minimum atomic E-state index is -0.0103. The molecule has 2 N–H and O–H groups in total. The molecule has 136 valence electrons. The summed E-state index contributed by atoms with van der Waals surface area (Å²) in [5.74, 6) is 0.896. The number of fused-ring (bicyclic) bond motifs is 1. The molecule has 0 aromatic carbocycles. The predicted molar refractivity (Wildman–Crippen MR) is 97.9 cm³/mol. The maximum Gasteiger partial charge on any atom is 0.223 e. The van der Waals surface area contributed by atoms with Crippen molar-refractivity contribution >= 4 is 17.2 Å². The van der Waals surface area contributed by atoms with Gasteiger partial charge in [-0.2, -0.15) is 0 Å². The summed E-state index contributed by atoms with van der Waals surface area (Å²) >= 11 is 1.70. The van der Waals surface area contributed by atoms with Gasteiger partial charge >= 0.3 is 0 Å². The van der Waals surface area contributed by atoms with Crippen LogP contribution in [0.3, 0.4) is 0 Å². The third-order valence-electron chi connectivity index (χ3n) is 4.80. The maximum atomic E-state index is 12.5. The van der Waals surface area contributed by atoms with Gasteiger partial charge in [-0.1, -0.05) is 5.16 Å². The molecule has 26 heavy (non-hydrogen) atoms. The topological polar surface area (TPSA) is 96.7 Å². The van der Waals surface area contributed by atoms with E-state index < -0.39 is 0 Å². The molecule has 0 bridgehead atoms. The van der Waals surface area contributed by atoms with E-state index in [2.05, 4.69) is 20.4 Å². The zero-order valence-corrected chi connectivity index (χ0v) is 15.7. The summed E-state index contributed by atoms with van der Waals surface area (Å²) in [4.78, 5) is 25.6. The zero-order valence-electron chi connectivity index (χ0n) is 14.8. The van der Waals surface area contributed by atoms with Crippen molar-refractivity contribution in [2.75, 3.05) is 6.54 Å². The lowest BCUT2D eigenvalue weighted by Gasteiger charge is -2.20. The summed E-state index contributed by atoms with van der Waals surface area (Å²) < 4.78 is 5.26. The smallest absolute Gasteiger partial charge is 0.223 e. The standard InChI is InChI=1S/C18H21N5O2S/c1-10-16(11(2)25-23-10)18-22-14-7-12(3-4-15(14)26-18)17(24)20-6-5-13-8-19-9-21-13/h8-9,12H,3-7H2,1-2H3,(H,19,21)(H,20,24). The molecule has 3 aromatic rings. The molecule has 0 aliphatic heterocycles. The Morgan fingerprint density at radius 1 is 1.46 bits per heavy atom. The molecule has 3 aromatic heterocycles. The molecule has 1 amide bonds. The van der Waals surface area contributed by atoms with Crippen LogP contribution in [0.5, 0.6) is 0 Å². The molecule has 1 aliphatic carbocycles. The molecule has 0 saturated heterocycles. The molecule has 1 unspecified atom stereocenters. The van der Waals surface area contributed by atoms with Crippen LogP contribution in [0.4, 0.5) is 0 Å². The van der Waals surface area contributed by atoms with Gasteiger partial charge in [-0.05, 0) is 26.7 Å². The fraction of sp³-hybridized carbons (Fsp3) is 0.444. The Balaban J connectivity index is 1.40.